The summed E-state index contributed by atoms with van der Waals surface area (Å²) in [6.07, 6.45) is -1.53. The lowest BCUT2D eigenvalue weighted by Crippen LogP contribution is -2.18. The molecule has 2 rings (SSSR count). The van der Waals surface area contributed by atoms with Crippen LogP contribution in [0.5, 0.6) is 0 Å². The lowest BCUT2D eigenvalue weighted by Gasteiger charge is -2.16. The van der Waals surface area contributed by atoms with E-state index in [-0.39, 0.29) is 5.78 Å². The predicted molar refractivity (Wildman–Crippen MR) is 86.9 cm³/mol. The van der Waals surface area contributed by atoms with Crippen LogP contribution in [0.15, 0.2) is 48.5 Å². The summed E-state index contributed by atoms with van der Waals surface area (Å²) in [5.74, 6) is -0.187. The Balaban J connectivity index is 2.41. The summed E-state index contributed by atoms with van der Waals surface area (Å²) in [6.45, 7) is 3.17. The van der Waals surface area contributed by atoms with Crippen molar-refractivity contribution < 1.29 is 15.0 Å². The number of anilines is 2. The first-order valence-electron chi connectivity index (χ1n) is 7.11. The van der Waals surface area contributed by atoms with E-state index in [0.29, 0.717) is 22.5 Å². The van der Waals surface area contributed by atoms with Gasteiger partial charge in [0, 0.05) is 22.5 Å². The Labute approximate surface area is 129 Å². The maximum Gasteiger partial charge on any atom is 0.197 e. The molecule has 116 valence electrons. The number of nitrogens with one attached hydrogen (secondary N) is 2. The third-order valence-electron chi connectivity index (χ3n) is 3.07. The number of benzene rings is 2. The van der Waals surface area contributed by atoms with Crippen LogP contribution < -0.4 is 10.6 Å². The number of hydrogen-bond donors (Lipinski definition) is 4. The SMILES string of the molecule is CC(O)Nc1ccccc1C(=O)c1ccccc1NC(C)O. The Kier molecular flexibility index (Phi) is 5.14. The van der Waals surface area contributed by atoms with Crippen molar-refractivity contribution >= 4 is 17.2 Å². The van der Waals surface area contributed by atoms with Gasteiger partial charge in [-0.2, -0.15) is 0 Å². The second-order valence-electron chi connectivity index (χ2n) is 5.06. The van der Waals surface area contributed by atoms with Gasteiger partial charge in [0.15, 0.2) is 5.78 Å². The first-order valence-corrected chi connectivity index (χ1v) is 7.11. The summed E-state index contributed by atoms with van der Waals surface area (Å²) in [7, 11) is 0. The largest absolute Gasteiger partial charge is 0.374 e. The van der Waals surface area contributed by atoms with Crippen molar-refractivity contribution in [3.8, 4) is 0 Å². The highest BCUT2D eigenvalue weighted by Gasteiger charge is 2.17. The minimum absolute atomic E-state index is 0.187. The molecule has 0 saturated carbocycles. The zero-order valence-electron chi connectivity index (χ0n) is 12.6. The van der Waals surface area contributed by atoms with Crippen LogP contribution in [0.1, 0.15) is 29.8 Å². The highest BCUT2D eigenvalue weighted by molar-refractivity contribution is 6.15. The number of ketones is 1. The molecule has 0 fully saturated rings. The average molecular weight is 300 g/mol. The van der Waals surface area contributed by atoms with Gasteiger partial charge in [-0.1, -0.05) is 24.3 Å². The number of aliphatic hydroxyl groups is 2. The summed E-state index contributed by atoms with van der Waals surface area (Å²) in [5, 5.41) is 24.7. The van der Waals surface area contributed by atoms with Crippen LogP contribution in [0.2, 0.25) is 0 Å². The molecule has 22 heavy (non-hydrogen) atoms. The molecular formula is C17H20N2O3. The highest BCUT2D eigenvalue weighted by atomic mass is 16.3. The van der Waals surface area contributed by atoms with E-state index in [0.717, 1.165) is 0 Å². The Hall–Kier alpha value is -2.37. The molecule has 0 spiro atoms. The van der Waals surface area contributed by atoms with E-state index >= 15 is 0 Å². The van der Waals surface area contributed by atoms with Crippen LogP contribution >= 0.6 is 0 Å². The molecule has 2 aromatic rings. The second kappa shape index (κ2) is 7.06. The number of para-hydroxylation sites is 2. The normalized spacial score (nSPS) is 13.3. The Morgan fingerprint density at radius 1 is 0.818 bits per heavy atom. The molecule has 0 aliphatic heterocycles. The van der Waals surface area contributed by atoms with Crippen molar-refractivity contribution in [3.63, 3.8) is 0 Å². The highest BCUT2D eigenvalue weighted by Crippen LogP contribution is 2.24. The van der Waals surface area contributed by atoms with Gasteiger partial charge in [0.2, 0.25) is 0 Å². The Morgan fingerprint density at radius 3 is 1.55 bits per heavy atom. The lowest BCUT2D eigenvalue weighted by molar-refractivity contribution is 0.104. The van der Waals surface area contributed by atoms with E-state index in [4.69, 9.17) is 0 Å². The summed E-state index contributed by atoms with van der Waals surface area (Å²) in [4.78, 5) is 12.8. The quantitative estimate of drug-likeness (QED) is 0.486. The number of carbonyl (C=O) groups excluding carboxylic acids is 1. The number of rotatable bonds is 6. The molecule has 0 aromatic heterocycles. The molecule has 5 heteroatoms. The van der Waals surface area contributed by atoms with Crippen molar-refractivity contribution in [2.24, 2.45) is 0 Å². The van der Waals surface area contributed by atoms with Crippen molar-refractivity contribution in [2.45, 2.75) is 26.3 Å². The molecule has 0 aliphatic carbocycles. The van der Waals surface area contributed by atoms with Crippen LogP contribution in [0.4, 0.5) is 11.4 Å². The van der Waals surface area contributed by atoms with Crippen LogP contribution in [0, 0.1) is 0 Å². The molecule has 2 aromatic carbocycles. The number of aliphatic hydroxyl groups excluding tert-OH is 2. The van der Waals surface area contributed by atoms with Crippen molar-refractivity contribution in [1.29, 1.82) is 0 Å². The van der Waals surface area contributed by atoms with Gasteiger partial charge < -0.3 is 20.8 Å². The number of hydrogen-bond acceptors (Lipinski definition) is 5. The zero-order valence-corrected chi connectivity index (χ0v) is 12.6. The first-order chi connectivity index (χ1) is 10.5. The molecule has 0 saturated heterocycles. The van der Waals surface area contributed by atoms with Gasteiger partial charge in [0.1, 0.15) is 12.5 Å². The molecule has 0 aliphatic rings. The summed E-state index contributed by atoms with van der Waals surface area (Å²) < 4.78 is 0. The van der Waals surface area contributed by atoms with Crippen LogP contribution in [0.25, 0.3) is 0 Å². The fraction of sp³-hybridized carbons (Fsp3) is 0.235. The molecule has 2 unspecified atom stereocenters. The summed E-state index contributed by atoms with van der Waals surface area (Å²) >= 11 is 0. The monoisotopic (exact) mass is 300 g/mol. The van der Waals surface area contributed by atoms with Gasteiger partial charge in [0.25, 0.3) is 0 Å². The van der Waals surface area contributed by atoms with Gasteiger partial charge >= 0.3 is 0 Å². The smallest absolute Gasteiger partial charge is 0.197 e. The molecule has 4 N–H and O–H groups in total. The van der Waals surface area contributed by atoms with E-state index < -0.39 is 12.5 Å². The van der Waals surface area contributed by atoms with Gasteiger partial charge in [-0.25, -0.2) is 0 Å². The molecule has 5 nitrogen and oxygen atoms in total. The molecule has 0 bridgehead atoms. The van der Waals surface area contributed by atoms with Gasteiger partial charge in [-0.3, -0.25) is 4.79 Å². The van der Waals surface area contributed by atoms with E-state index in [2.05, 4.69) is 10.6 Å². The van der Waals surface area contributed by atoms with E-state index in [1.165, 1.54) is 0 Å². The second-order valence-corrected chi connectivity index (χ2v) is 5.06. The fourth-order valence-corrected chi connectivity index (χ4v) is 2.21. The lowest BCUT2D eigenvalue weighted by atomic mass is 10.00. The Bertz CT molecular complexity index is 598. The van der Waals surface area contributed by atoms with Crippen molar-refractivity contribution in [2.75, 3.05) is 10.6 Å². The minimum atomic E-state index is -0.764. The predicted octanol–water partition coefficient (Wildman–Crippen LogP) is 2.42. The minimum Gasteiger partial charge on any atom is -0.374 e. The fourth-order valence-electron chi connectivity index (χ4n) is 2.21. The van der Waals surface area contributed by atoms with E-state index in [9.17, 15) is 15.0 Å². The van der Waals surface area contributed by atoms with Crippen LogP contribution in [0.3, 0.4) is 0 Å². The molecule has 2 atom stereocenters. The van der Waals surface area contributed by atoms with Gasteiger partial charge in [0.05, 0.1) is 0 Å². The molecular weight excluding hydrogens is 280 g/mol. The molecule has 0 amide bonds. The average Bonchev–Trinajstić information content (AvgIpc) is 2.46. The van der Waals surface area contributed by atoms with Crippen molar-refractivity contribution in [3.05, 3.63) is 59.7 Å². The van der Waals surface area contributed by atoms with Crippen molar-refractivity contribution in [1.82, 2.24) is 0 Å². The maximum absolute atomic E-state index is 12.8. The third kappa shape index (κ3) is 3.84. The van der Waals surface area contributed by atoms with E-state index in [1.54, 1.807) is 62.4 Å². The molecule has 0 radical (unpaired) electrons. The molecule has 0 heterocycles. The maximum atomic E-state index is 12.8. The summed E-state index contributed by atoms with van der Waals surface area (Å²) in [5.41, 5.74) is 2.05. The standard InChI is InChI=1S/C17H20N2O3/c1-11(20)18-15-9-5-3-7-13(15)17(22)14-8-4-6-10-16(14)19-12(2)21/h3-12,18-21H,1-2H3. The van der Waals surface area contributed by atoms with Crippen LogP contribution in [-0.2, 0) is 0 Å². The van der Waals surface area contributed by atoms with E-state index in [1.807, 2.05) is 0 Å². The topological polar surface area (TPSA) is 81.6 Å². The van der Waals surface area contributed by atoms with Crippen LogP contribution in [-0.4, -0.2) is 28.5 Å². The third-order valence-corrected chi connectivity index (χ3v) is 3.07. The van der Waals surface area contributed by atoms with Gasteiger partial charge in [-0.05, 0) is 38.1 Å². The first kappa shape index (κ1) is 16.0. The Morgan fingerprint density at radius 2 is 1.18 bits per heavy atom. The number of carbonyl (C=O) groups is 1. The summed E-state index contributed by atoms with van der Waals surface area (Å²) in [6, 6.07) is 14.0. The van der Waals surface area contributed by atoms with Gasteiger partial charge in [-0.15, -0.1) is 0 Å². The zero-order chi connectivity index (χ0) is 16.1.